The van der Waals surface area contributed by atoms with Crippen molar-refractivity contribution in [3.63, 3.8) is 0 Å². The van der Waals surface area contributed by atoms with Gasteiger partial charge in [-0.1, -0.05) is 18.2 Å². The van der Waals surface area contributed by atoms with Gasteiger partial charge in [0.2, 0.25) is 5.91 Å². The molecule has 0 spiro atoms. The number of aliphatic hydroxyl groups is 1. The van der Waals surface area contributed by atoms with E-state index in [0.29, 0.717) is 12.5 Å². The number of aryl methyl sites for hydroxylation is 1. The normalized spacial score (nSPS) is 24.9. The number of rotatable bonds is 4. The molecular formula is C20H27N3O2. The molecule has 0 radical (unpaired) electrons. The van der Waals surface area contributed by atoms with Crippen LogP contribution < -0.4 is 0 Å². The molecule has 2 atom stereocenters. The van der Waals surface area contributed by atoms with Gasteiger partial charge < -0.3 is 15.0 Å². The molecular weight excluding hydrogens is 314 g/mol. The Morgan fingerprint density at radius 2 is 1.96 bits per heavy atom. The number of H-pyrrole nitrogens is 1. The summed E-state index contributed by atoms with van der Waals surface area (Å²) < 4.78 is 0. The van der Waals surface area contributed by atoms with Crippen molar-refractivity contribution in [2.45, 2.75) is 44.2 Å². The highest BCUT2D eigenvalue weighted by Crippen LogP contribution is 2.25. The average molecular weight is 341 g/mol. The van der Waals surface area contributed by atoms with Crippen molar-refractivity contribution < 1.29 is 9.90 Å². The van der Waals surface area contributed by atoms with Crippen LogP contribution in [0.4, 0.5) is 0 Å². The lowest BCUT2D eigenvalue weighted by Gasteiger charge is -2.39. The molecule has 2 fully saturated rings. The first-order valence-corrected chi connectivity index (χ1v) is 9.47. The second-order valence-corrected chi connectivity index (χ2v) is 7.34. The molecule has 1 aromatic heterocycles. The number of fused-ring (bicyclic) bond motifs is 1. The van der Waals surface area contributed by atoms with Gasteiger partial charge in [0, 0.05) is 55.7 Å². The second-order valence-electron chi connectivity index (χ2n) is 7.34. The molecule has 5 nitrogen and oxygen atoms in total. The minimum atomic E-state index is -0.177. The number of aromatic amines is 1. The van der Waals surface area contributed by atoms with E-state index in [4.69, 9.17) is 0 Å². The van der Waals surface area contributed by atoms with Crippen LogP contribution in [0.1, 0.15) is 31.2 Å². The van der Waals surface area contributed by atoms with Gasteiger partial charge in [-0.25, -0.2) is 0 Å². The highest BCUT2D eigenvalue weighted by Gasteiger charge is 2.33. The maximum atomic E-state index is 12.6. The first-order valence-electron chi connectivity index (χ1n) is 9.47. The maximum Gasteiger partial charge on any atom is 0.222 e. The van der Waals surface area contributed by atoms with E-state index in [1.165, 1.54) is 10.9 Å². The molecule has 2 N–H and O–H groups in total. The number of nitrogens with zero attached hydrogens (tertiary/aromatic N) is 2. The van der Waals surface area contributed by atoms with Crippen LogP contribution >= 0.6 is 0 Å². The second kappa shape index (κ2) is 7.18. The minimum absolute atomic E-state index is 0.177. The Morgan fingerprint density at radius 1 is 1.16 bits per heavy atom. The molecule has 2 heterocycles. The number of para-hydroxylation sites is 1. The van der Waals surface area contributed by atoms with E-state index in [-0.39, 0.29) is 12.0 Å². The van der Waals surface area contributed by atoms with E-state index in [2.05, 4.69) is 22.0 Å². The van der Waals surface area contributed by atoms with Gasteiger partial charge in [0.15, 0.2) is 0 Å². The van der Waals surface area contributed by atoms with Gasteiger partial charge in [-0.2, -0.15) is 0 Å². The minimum Gasteiger partial charge on any atom is -0.391 e. The molecule has 4 rings (SSSR count). The molecule has 1 saturated carbocycles. The van der Waals surface area contributed by atoms with Crippen molar-refractivity contribution in [1.82, 2.24) is 14.8 Å². The highest BCUT2D eigenvalue weighted by molar-refractivity contribution is 5.84. The number of hydrogen-bond acceptors (Lipinski definition) is 3. The third-order valence-electron chi connectivity index (χ3n) is 5.86. The number of aliphatic hydroxyl groups excluding tert-OH is 1. The Balaban J connectivity index is 1.29. The zero-order valence-corrected chi connectivity index (χ0v) is 14.7. The summed E-state index contributed by atoms with van der Waals surface area (Å²) in [4.78, 5) is 20.2. The predicted octanol–water partition coefficient (Wildman–Crippen LogP) is 2.16. The fourth-order valence-electron chi connectivity index (χ4n) is 4.39. The Bertz CT molecular complexity index is 733. The third-order valence-corrected chi connectivity index (χ3v) is 5.86. The van der Waals surface area contributed by atoms with Crippen LogP contribution in [0.5, 0.6) is 0 Å². The zero-order chi connectivity index (χ0) is 17.2. The molecule has 1 aliphatic heterocycles. The number of piperazine rings is 1. The number of amides is 1. The Morgan fingerprint density at radius 3 is 2.72 bits per heavy atom. The summed E-state index contributed by atoms with van der Waals surface area (Å²) in [6.07, 6.45) is 6.33. The van der Waals surface area contributed by atoms with E-state index < -0.39 is 0 Å². The van der Waals surface area contributed by atoms with Crippen LogP contribution in [0, 0.1) is 0 Å². The molecule has 2 aromatic rings. The largest absolute Gasteiger partial charge is 0.391 e. The SMILES string of the molecule is O=C(CCc1c[nH]c2ccccc12)N1CCN([C@H]2CCC[C@H]2O)CC1. The van der Waals surface area contributed by atoms with Crippen molar-refractivity contribution in [1.29, 1.82) is 0 Å². The first kappa shape index (κ1) is 16.6. The monoisotopic (exact) mass is 341 g/mol. The molecule has 5 heteroatoms. The molecule has 134 valence electrons. The molecule has 1 aromatic carbocycles. The van der Waals surface area contributed by atoms with Gasteiger partial charge in [-0.15, -0.1) is 0 Å². The lowest BCUT2D eigenvalue weighted by molar-refractivity contribution is -0.133. The first-order chi connectivity index (χ1) is 12.2. The maximum absolute atomic E-state index is 12.6. The lowest BCUT2D eigenvalue weighted by Crippen LogP contribution is -2.53. The molecule has 1 aliphatic carbocycles. The molecule has 0 unspecified atom stereocenters. The number of carbonyl (C=O) groups is 1. The van der Waals surface area contributed by atoms with Crippen LogP contribution in [0.25, 0.3) is 10.9 Å². The van der Waals surface area contributed by atoms with Crippen LogP contribution in [-0.2, 0) is 11.2 Å². The number of hydrogen-bond donors (Lipinski definition) is 2. The number of aromatic nitrogens is 1. The van der Waals surface area contributed by atoms with Gasteiger partial charge in [0.1, 0.15) is 0 Å². The quantitative estimate of drug-likeness (QED) is 0.896. The molecule has 25 heavy (non-hydrogen) atoms. The molecule has 1 saturated heterocycles. The summed E-state index contributed by atoms with van der Waals surface area (Å²) in [5.41, 5.74) is 2.35. The van der Waals surface area contributed by atoms with Gasteiger partial charge in [0.05, 0.1) is 6.10 Å². The van der Waals surface area contributed by atoms with Crippen LogP contribution in [0.3, 0.4) is 0 Å². The standard InChI is InChI=1S/C20H27N3O2/c24-19-7-3-6-18(19)22-10-12-23(13-11-22)20(25)9-8-15-14-21-17-5-2-1-4-16(15)17/h1-2,4-5,14,18-19,21,24H,3,6-13H2/t18-,19+/m0/s1. The highest BCUT2D eigenvalue weighted by atomic mass is 16.3. The fraction of sp³-hybridized carbons (Fsp3) is 0.550. The van der Waals surface area contributed by atoms with Crippen LogP contribution in [0.2, 0.25) is 0 Å². The summed E-state index contributed by atoms with van der Waals surface area (Å²) in [6, 6.07) is 8.55. The van der Waals surface area contributed by atoms with E-state index in [0.717, 1.165) is 57.4 Å². The summed E-state index contributed by atoms with van der Waals surface area (Å²) in [5.74, 6) is 0.247. The Hall–Kier alpha value is -1.85. The van der Waals surface area contributed by atoms with Crippen molar-refractivity contribution in [3.05, 3.63) is 36.0 Å². The number of nitrogens with one attached hydrogen (secondary N) is 1. The Labute approximate surface area is 148 Å². The number of benzene rings is 1. The smallest absolute Gasteiger partial charge is 0.222 e. The fourth-order valence-corrected chi connectivity index (χ4v) is 4.39. The third kappa shape index (κ3) is 3.44. The molecule has 1 amide bonds. The zero-order valence-electron chi connectivity index (χ0n) is 14.7. The summed E-state index contributed by atoms with van der Waals surface area (Å²) in [5, 5.41) is 11.3. The summed E-state index contributed by atoms with van der Waals surface area (Å²) in [7, 11) is 0. The van der Waals surface area contributed by atoms with Crippen molar-refractivity contribution >= 4 is 16.8 Å². The summed E-state index contributed by atoms with van der Waals surface area (Å²) in [6.45, 7) is 3.35. The van der Waals surface area contributed by atoms with E-state index >= 15 is 0 Å². The van der Waals surface area contributed by atoms with Gasteiger partial charge >= 0.3 is 0 Å². The molecule has 2 aliphatic rings. The number of carbonyl (C=O) groups excluding carboxylic acids is 1. The molecule has 0 bridgehead atoms. The van der Waals surface area contributed by atoms with Crippen molar-refractivity contribution in [2.24, 2.45) is 0 Å². The Kier molecular flexibility index (Phi) is 4.77. The van der Waals surface area contributed by atoms with Crippen molar-refractivity contribution in [3.8, 4) is 0 Å². The van der Waals surface area contributed by atoms with Crippen molar-refractivity contribution in [2.75, 3.05) is 26.2 Å². The average Bonchev–Trinajstić information content (AvgIpc) is 3.26. The summed E-state index contributed by atoms with van der Waals surface area (Å²) >= 11 is 0. The van der Waals surface area contributed by atoms with Crippen LogP contribution in [-0.4, -0.2) is 64.1 Å². The van der Waals surface area contributed by atoms with Gasteiger partial charge in [-0.05, 0) is 37.3 Å². The van der Waals surface area contributed by atoms with Crippen LogP contribution in [0.15, 0.2) is 30.5 Å². The predicted molar refractivity (Wildman–Crippen MR) is 98.4 cm³/mol. The van der Waals surface area contributed by atoms with E-state index in [1.807, 2.05) is 23.2 Å². The van der Waals surface area contributed by atoms with Gasteiger partial charge in [-0.3, -0.25) is 9.69 Å². The van der Waals surface area contributed by atoms with E-state index in [9.17, 15) is 9.90 Å². The van der Waals surface area contributed by atoms with Gasteiger partial charge in [0.25, 0.3) is 0 Å². The van der Waals surface area contributed by atoms with E-state index in [1.54, 1.807) is 0 Å². The topological polar surface area (TPSA) is 59.6 Å². The lowest BCUT2D eigenvalue weighted by atomic mass is 10.1.